The third kappa shape index (κ3) is 3.55. The minimum atomic E-state index is -3.60. The summed E-state index contributed by atoms with van der Waals surface area (Å²) in [6.07, 6.45) is 5.42. The fraction of sp³-hybridized carbons (Fsp3) is 0.556. The first-order valence-electron chi connectivity index (χ1n) is 9.26. The van der Waals surface area contributed by atoms with Crippen LogP contribution in [-0.2, 0) is 10.0 Å². The number of aromatic nitrogens is 1. The largest absolute Gasteiger partial charge is 0.455 e. The van der Waals surface area contributed by atoms with Crippen LogP contribution in [0.5, 0.6) is 0 Å². The van der Waals surface area contributed by atoms with Crippen LogP contribution < -0.4 is 0 Å². The van der Waals surface area contributed by atoms with Gasteiger partial charge < -0.3 is 9.32 Å². The Labute approximate surface area is 163 Å². The van der Waals surface area contributed by atoms with E-state index in [1.54, 1.807) is 29.4 Å². The van der Waals surface area contributed by atoms with E-state index in [1.165, 1.54) is 10.4 Å². The second-order valence-electron chi connectivity index (χ2n) is 7.10. The second-order valence-corrected chi connectivity index (χ2v) is 9.94. The molecule has 27 heavy (non-hydrogen) atoms. The lowest BCUT2D eigenvalue weighted by Crippen LogP contribution is -2.39. The Morgan fingerprint density at radius 3 is 2.74 bits per heavy atom. The SMILES string of the molecule is Cc1oc(C(=O)N2CCCC(c3nccs3)C2)cc1S(=O)(=O)N1CCCC1. The first kappa shape index (κ1) is 18.6. The first-order chi connectivity index (χ1) is 13.0. The number of sulfonamides is 1. The van der Waals surface area contributed by atoms with Crippen molar-refractivity contribution in [2.75, 3.05) is 26.2 Å². The monoisotopic (exact) mass is 409 g/mol. The lowest BCUT2D eigenvalue weighted by molar-refractivity contribution is 0.0673. The van der Waals surface area contributed by atoms with Gasteiger partial charge in [0, 0.05) is 49.7 Å². The minimum absolute atomic E-state index is 0.102. The van der Waals surface area contributed by atoms with Crippen molar-refractivity contribution < 1.29 is 17.6 Å². The maximum Gasteiger partial charge on any atom is 0.289 e. The Kier molecular flexibility index (Phi) is 5.09. The summed E-state index contributed by atoms with van der Waals surface area (Å²) in [5, 5.41) is 2.99. The maximum atomic E-state index is 12.9. The predicted octanol–water partition coefficient (Wildman–Crippen LogP) is 2.85. The number of piperidine rings is 1. The van der Waals surface area contributed by atoms with E-state index >= 15 is 0 Å². The van der Waals surface area contributed by atoms with Crippen LogP contribution in [0.25, 0.3) is 0 Å². The molecule has 0 N–H and O–H groups in total. The van der Waals surface area contributed by atoms with E-state index in [0.717, 1.165) is 30.7 Å². The molecule has 2 aromatic rings. The molecular weight excluding hydrogens is 386 g/mol. The summed E-state index contributed by atoms with van der Waals surface area (Å²) in [6, 6.07) is 1.40. The van der Waals surface area contributed by atoms with Gasteiger partial charge in [0.2, 0.25) is 10.0 Å². The molecule has 0 saturated carbocycles. The van der Waals surface area contributed by atoms with E-state index in [9.17, 15) is 13.2 Å². The predicted molar refractivity (Wildman–Crippen MR) is 101 cm³/mol. The van der Waals surface area contributed by atoms with Gasteiger partial charge in [-0.15, -0.1) is 11.3 Å². The summed E-state index contributed by atoms with van der Waals surface area (Å²) in [5.41, 5.74) is 0. The molecule has 0 bridgehead atoms. The highest BCUT2D eigenvalue weighted by Crippen LogP contribution is 2.31. The molecule has 2 fully saturated rings. The van der Waals surface area contributed by atoms with Gasteiger partial charge in [-0.3, -0.25) is 4.79 Å². The highest BCUT2D eigenvalue weighted by Gasteiger charge is 2.34. The number of aryl methyl sites for hydroxylation is 1. The van der Waals surface area contributed by atoms with Crippen LogP contribution in [-0.4, -0.2) is 54.7 Å². The standard InChI is InChI=1S/C18H23N3O4S2/c1-13-16(27(23,24)21-8-2-3-9-21)11-15(25-13)18(22)20-7-4-5-14(12-20)17-19-6-10-26-17/h6,10-11,14H,2-5,7-9,12H2,1H3. The number of amides is 1. The van der Waals surface area contributed by atoms with Gasteiger partial charge in [-0.25, -0.2) is 13.4 Å². The van der Waals surface area contributed by atoms with Crippen molar-refractivity contribution in [3.63, 3.8) is 0 Å². The molecule has 0 aromatic carbocycles. The van der Waals surface area contributed by atoms with Gasteiger partial charge >= 0.3 is 0 Å². The van der Waals surface area contributed by atoms with Crippen molar-refractivity contribution in [2.45, 2.75) is 43.4 Å². The average Bonchev–Trinajstić information content (AvgIpc) is 3.42. The Hall–Kier alpha value is -1.71. The maximum absolute atomic E-state index is 12.9. The van der Waals surface area contributed by atoms with Gasteiger partial charge in [-0.2, -0.15) is 4.31 Å². The van der Waals surface area contributed by atoms with Crippen LogP contribution in [0.3, 0.4) is 0 Å². The molecule has 0 radical (unpaired) electrons. The summed E-state index contributed by atoms with van der Waals surface area (Å²) < 4.78 is 32.7. The van der Waals surface area contributed by atoms with Crippen LogP contribution in [0.1, 0.15) is 52.9 Å². The summed E-state index contributed by atoms with van der Waals surface area (Å²) in [6.45, 7) is 3.89. The molecular formula is C18H23N3O4S2. The Morgan fingerprint density at radius 2 is 2.04 bits per heavy atom. The van der Waals surface area contributed by atoms with Crippen molar-refractivity contribution in [3.8, 4) is 0 Å². The van der Waals surface area contributed by atoms with Crippen molar-refractivity contribution in [2.24, 2.45) is 0 Å². The van der Waals surface area contributed by atoms with Crippen molar-refractivity contribution in [1.29, 1.82) is 0 Å². The third-order valence-electron chi connectivity index (χ3n) is 5.28. The molecule has 2 aliphatic rings. The van der Waals surface area contributed by atoms with E-state index in [4.69, 9.17) is 4.42 Å². The molecule has 4 rings (SSSR count). The number of hydrogen-bond acceptors (Lipinski definition) is 6. The van der Waals surface area contributed by atoms with Gasteiger partial charge in [0.15, 0.2) is 5.76 Å². The van der Waals surface area contributed by atoms with Crippen molar-refractivity contribution >= 4 is 27.3 Å². The smallest absolute Gasteiger partial charge is 0.289 e. The van der Waals surface area contributed by atoms with Gasteiger partial charge in [0.1, 0.15) is 10.7 Å². The third-order valence-corrected chi connectivity index (χ3v) is 8.22. The fourth-order valence-electron chi connectivity index (χ4n) is 3.85. The van der Waals surface area contributed by atoms with E-state index < -0.39 is 10.0 Å². The number of carbonyl (C=O) groups excluding carboxylic acids is 1. The number of nitrogens with zero attached hydrogens (tertiary/aromatic N) is 3. The first-order valence-corrected chi connectivity index (χ1v) is 11.6. The molecule has 0 spiro atoms. The number of furan rings is 1. The highest BCUT2D eigenvalue weighted by molar-refractivity contribution is 7.89. The zero-order valence-electron chi connectivity index (χ0n) is 15.3. The van der Waals surface area contributed by atoms with Crippen LogP contribution in [0.15, 0.2) is 27.0 Å². The van der Waals surface area contributed by atoms with E-state index in [0.29, 0.717) is 26.2 Å². The molecule has 1 amide bonds. The van der Waals surface area contributed by atoms with E-state index in [1.807, 2.05) is 5.38 Å². The molecule has 0 aliphatic carbocycles. The zero-order chi connectivity index (χ0) is 19.0. The molecule has 2 saturated heterocycles. The van der Waals surface area contributed by atoms with Crippen LogP contribution in [0, 0.1) is 6.92 Å². The fourth-order valence-corrected chi connectivity index (χ4v) is 6.30. The van der Waals surface area contributed by atoms with Crippen LogP contribution in [0.4, 0.5) is 0 Å². The number of carbonyl (C=O) groups is 1. The number of thiazole rings is 1. The Bertz CT molecular complexity index is 915. The number of likely N-dealkylation sites (tertiary alicyclic amines) is 1. The van der Waals surface area contributed by atoms with Crippen LogP contribution in [0.2, 0.25) is 0 Å². The van der Waals surface area contributed by atoms with Gasteiger partial charge in [-0.05, 0) is 32.6 Å². The summed E-state index contributed by atoms with van der Waals surface area (Å²) in [4.78, 5) is 19.2. The molecule has 2 aliphatic heterocycles. The molecule has 146 valence electrons. The normalized spacial score (nSPS) is 21.7. The average molecular weight is 410 g/mol. The minimum Gasteiger partial charge on any atom is -0.455 e. The lowest BCUT2D eigenvalue weighted by atomic mass is 9.98. The molecule has 2 aromatic heterocycles. The Morgan fingerprint density at radius 1 is 1.26 bits per heavy atom. The quantitative estimate of drug-likeness (QED) is 0.775. The van der Waals surface area contributed by atoms with E-state index in [-0.39, 0.29) is 28.2 Å². The van der Waals surface area contributed by atoms with Crippen molar-refractivity contribution in [3.05, 3.63) is 34.2 Å². The second kappa shape index (κ2) is 7.37. The summed E-state index contributed by atoms with van der Waals surface area (Å²) in [5.74, 6) is 0.359. The molecule has 7 nitrogen and oxygen atoms in total. The van der Waals surface area contributed by atoms with Gasteiger partial charge in [0.05, 0.1) is 5.01 Å². The van der Waals surface area contributed by atoms with Crippen LogP contribution >= 0.6 is 11.3 Å². The lowest BCUT2D eigenvalue weighted by Gasteiger charge is -2.31. The van der Waals surface area contributed by atoms with Crippen molar-refractivity contribution in [1.82, 2.24) is 14.2 Å². The van der Waals surface area contributed by atoms with Gasteiger partial charge in [0.25, 0.3) is 5.91 Å². The molecule has 9 heteroatoms. The highest BCUT2D eigenvalue weighted by atomic mass is 32.2. The molecule has 1 unspecified atom stereocenters. The van der Waals surface area contributed by atoms with Gasteiger partial charge in [-0.1, -0.05) is 0 Å². The number of rotatable bonds is 4. The molecule has 4 heterocycles. The topological polar surface area (TPSA) is 83.7 Å². The Balaban J connectivity index is 1.54. The summed E-state index contributed by atoms with van der Waals surface area (Å²) in [7, 11) is -3.60. The van der Waals surface area contributed by atoms with E-state index in [2.05, 4.69) is 4.98 Å². The molecule has 1 atom stereocenters. The summed E-state index contributed by atoms with van der Waals surface area (Å²) >= 11 is 1.61. The zero-order valence-corrected chi connectivity index (χ0v) is 16.9. The number of hydrogen-bond donors (Lipinski definition) is 0.